The molecule has 7 heteroatoms. The van der Waals surface area contributed by atoms with Crippen LogP contribution in [0.25, 0.3) is 0 Å². The Kier molecular flexibility index (Phi) is 39.2. The summed E-state index contributed by atoms with van der Waals surface area (Å²) >= 11 is 0. The van der Waals surface area contributed by atoms with Crippen molar-refractivity contribution in [3.63, 3.8) is 0 Å². The molecule has 1 heterocycles. The summed E-state index contributed by atoms with van der Waals surface area (Å²) in [6.45, 7) is 18.0. The Labute approximate surface area is 355 Å². The van der Waals surface area contributed by atoms with E-state index >= 15 is 0 Å². The zero-order valence-corrected chi connectivity index (χ0v) is 38.9. The van der Waals surface area contributed by atoms with E-state index < -0.39 is 0 Å². The molecule has 1 atom stereocenters. The van der Waals surface area contributed by atoms with E-state index in [4.69, 9.17) is 9.47 Å². The number of rotatable bonds is 43. The summed E-state index contributed by atoms with van der Waals surface area (Å²) in [5.41, 5.74) is 0. The average Bonchev–Trinajstić information content (AvgIpc) is 3.22. The highest BCUT2D eigenvalue weighted by Gasteiger charge is 2.16. The molecule has 7 nitrogen and oxygen atoms in total. The number of esters is 2. The van der Waals surface area contributed by atoms with Crippen molar-refractivity contribution in [2.45, 2.75) is 258 Å². The summed E-state index contributed by atoms with van der Waals surface area (Å²) in [5.74, 6) is 0.0414. The number of nitrogens with zero attached hydrogens (tertiary/aromatic N) is 2. The number of nitrogens with one attached hydrogen (secondary N) is 1. The minimum atomic E-state index is 0.00592. The maximum atomic E-state index is 12.9. The van der Waals surface area contributed by atoms with Gasteiger partial charge in [-0.3, -0.25) is 14.5 Å². The second-order valence-electron chi connectivity index (χ2n) is 17.8. The van der Waals surface area contributed by atoms with Gasteiger partial charge >= 0.3 is 11.9 Å². The Morgan fingerprint density at radius 3 is 1.30 bits per heavy atom. The largest absolute Gasteiger partial charge is 0.462 e. The van der Waals surface area contributed by atoms with Crippen LogP contribution in [0.4, 0.5) is 0 Å². The molecule has 0 aromatic carbocycles. The summed E-state index contributed by atoms with van der Waals surface area (Å²) in [4.78, 5) is 30.8. The molecule has 0 bridgehead atoms. The third-order valence-corrected chi connectivity index (χ3v) is 12.3. The Morgan fingerprint density at radius 1 is 0.474 bits per heavy atom. The fraction of sp³-hybridized carbons (Fsp3) is 0.960. The fourth-order valence-electron chi connectivity index (χ4n) is 8.38. The molecular formula is C50H99N3O4. The SMILES string of the molecule is CCCCCCCCCCC(CC)OC(=O)CCCCCN(CCCCCCCC(=O)OC(CCCCCCCC)CCCCCCCC)CCN1CCNCC1. The Hall–Kier alpha value is -1.18. The number of carbonyl (C=O) groups excluding carboxylic acids is 2. The van der Waals surface area contributed by atoms with Crippen LogP contribution in [0.1, 0.15) is 246 Å². The summed E-state index contributed by atoms with van der Waals surface area (Å²) in [7, 11) is 0. The van der Waals surface area contributed by atoms with Crippen LogP contribution < -0.4 is 5.32 Å². The first-order chi connectivity index (χ1) is 28.0. The van der Waals surface area contributed by atoms with Crippen LogP contribution in [0.5, 0.6) is 0 Å². The second-order valence-corrected chi connectivity index (χ2v) is 17.8. The standard InChI is InChI=1S/C50H99N3O4/c1-5-9-12-15-18-19-23-27-34-47(8-4)56-49(54)38-31-26-33-42-52(45-46-53-43-39-51-40-44-53)41-32-25-20-24-30-37-50(55)57-48(35-28-21-16-13-10-6-2)36-29-22-17-14-11-7-3/h47-48,51H,5-46H2,1-4H3. The summed E-state index contributed by atoms with van der Waals surface area (Å²) < 4.78 is 12.0. The number of unbranched alkanes of at least 4 members (excludes halogenated alkanes) is 23. The van der Waals surface area contributed by atoms with E-state index in [0.717, 1.165) is 110 Å². The minimum absolute atomic E-state index is 0.00592. The zero-order valence-electron chi connectivity index (χ0n) is 38.9. The Bertz CT molecular complexity index is 851. The smallest absolute Gasteiger partial charge is 0.306 e. The van der Waals surface area contributed by atoms with E-state index in [0.29, 0.717) is 12.8 Å². The van der Waals surface area contributed by atoms with Crippen molar-refractivity contribution in [1.82, 2.24) is 15.1 Å². The highest BCUT2D eigenvalue weighted by Crippen LogP contribution is 2.19. The summed E-state index contributed by atoms with van der Waals surface area (Å²) in [5, 5.41) is 3.48. The molecule has 1 saturated heterocycles. The predicted octanol–water partition coefficient (Wildman–Crippen LogP) is 13.4. The van der Waals surface area contributed by atoms with Crippen LogP contribution in [0.2, 0.25) is 0 Å². The van der Waals surface area contributed by atoms with E-state index in [-0.39, 0.29) is 24.1 Å². The van der Waals surface area contributed by atoms with Crippen molar-refractivity contribution in [1.29, 1.82) is 0 Å². The first-order valence-corrected chi connectivity index (χ1v) is 25.6. The first kappa shape index (κ1) is 53.8. The van der Waals surface area contributed by atoms with E-state index in [1.165, 1.54) is 148 Å². The summed E-state index contributed by atoms with van der Waals surface area (Å²) in [6, 6.07) is 0. The van der Waals surface area contributed by atoms with Gasteiger partial charge in [-0.15, -0.1) is 0 Å². The lowest BCUT2D eigenvalue weighted by Crippen LogP contribution is -2.46. The topological polar surface area (TPSA) is 71.1 Å². The molecule has 0 amide bonds. The van der Waals surface area contributed by atoms with Gasteiger partial charge in [-0.2, -0.15) is 0 Å². The van der Waals surface area contributed by atoms with Crippen molar-refractivity contribution in [3.05, 3.63) is 0 Å². The molecule has 1 fully saturated rings. The fourth-order valence-corrected chi connectivity index (χ4v) is 8.38. The van der Waals surface area contributed by atoms with E-state index in [9.17, 15) is 9.59 Å². The van der Waals surface area contributed by atoms with Gasteiger partial charge in [0.2, 0.25) is 0 Å². The van der Waals surface area contributed by atoms with Crippen molar-refractivity contribution in [2.75, 3.05) is 52.4 Å². The van der Waals surface area contributed by atoms with Gasteiger partial charge in [0.05, 0.1) is 0 Å². The summed E-state index contributed by atoms with van der Waals surface area (Å²) in [6.07, 6.45) is 40.3. The molecule has 1 rings (SSSR count). The van der Waals surface area contributed by atoms with Crippen molar-refractivity contribution in [2.24, 2.45) is 0 Å². The zero-order chi connectivity index (χ0) is 41.3. The maximum Gasteiger partial charge on any atom is 0.306 e. The van der Waals surface area contributed by atoms with Crippen LogP contribution in [-0.2, 0) is 19.1 Å². The third-order valence-electron chi connectivity index (χ3n) is 12.3. The number of hydrogen-bond donors (Lipinski definition) is 1. The van der Waals surface area contributed by atoms with Gasteiger partial charge < -0.3 is 19.7 Å². The molecule has 57 heavy (non-hydrogen) atoms. The molecule has 0 radical (unpaired) electrons. The molecule has 1 aliphatic heterocycles. The van der Waals surface area contributed by atoms with Gasteiger partial charge in [-0.1, -0.05) is 163 Å². The Balaban J connectivity index is 2.32. The quantitative estimate of drug-likeness (QED) is 0.0486. The van der Waals surface area contributed by atoms with E-state index in [1.54, 1.807) is 0 Å². The molecule has 1 unspecified atom stereocenters. The van der Waals surface area contributed by atoms with Crippen molar-refractivity contribution in [3.8, 4) is 0 Å². The minimum Gasteiger partial charge on any atom is -0.462 e. The second kappa shape index (κ2) is 41.5. The number of hydrogen-bond acceptors (Lipinski definition) is 7. The van der Waals surface area contributed by atoms with Gasteiger partial charge in [0, 0.05) is 52.1 Å². The van der Waals surface area contributed by atoms with E-state index in [1.807, 2.05) is 0 Å². The third kappa shape index (κ3) is 35.3. The first-order valence-electron chi connectivity index (χ1n) is 25.6. The highest BCUT2D eigenvalue weighted by molar-refractivity contribution is 5.69. The highest BCUT2D eigenvalue weighted by atomic mass is 16.5. The van der Waals surface area contributed by atoms with Crippen molar-refractivity contribution < 1.29 is 19.1 Å². The van der Waals surface area contributed by atoms with Crippen molar-refractivity contribution >= 4 is 11.9 Å². The number of carbonyl (C=O) groups is 2. The van der Waals surface area contributed by atoms with Gasteiger partial charge in [-0.25, -0.2) is 0 Å². The molecule has 338 valence electrons. The molecule has 0 aromatic rings. The lowest BCUT2D eigenvalue weighted by Gasteiger charge is -2.30. The van der Waals surface area contributed by atoms with Gasteiger partial charge in [0.1, 0.15) is 12.2 Å². The molecule has 0 spiro atoms. The average molecular weight is 806 g/mol. The van der Waals surface area contributed by atoms with Crippen LogP contribution >= 0.6 is 0 Å². The van der Waals surface area contributed by atoms with Gasteiger partial charge in [0.25, 0.3) is 0 Å². The predicted molar refractivity (Wildman–Crippen MR) is 245 cm³/mol. The lowest BCUT2D eigenvalue weighted by atomic mass is 10.0. The molecule has 0 saturated carbocycles. The molecule has 1 aliphatic rings. The number of piperazine rings is 1. The molecular weight excluding hydrogens is 707 g/mol. The monoisotopic (exact) mass is 806 g/mol. The molecule has 1 N–H and O–H groups in total. The van der Waals surface area contributed by atoms with Crippen LogP contribution in [0.15, 0.2) is 0 Å². The Morgan fingerprint density at radius 2 is 0.842 bits per heavy atom. The molecule has 0 aliphatic carbocycles. The molecule has 0 aromatic heterocycles. The van der Waals surface area contributed by atoms with Crippen LogP contribution in [0.3, 0.4) is 0 Å². The van der Waals surface area contributed by atoms with Crippen LogP contribution in [-0.4, -0.2) is 86.3 Å². The van der Waals surface area contributed by atoms with Gasteiger partial charge in [0.15, 0.2) is 0 Å². The normalized spacial score (nSPS) is 14.1. The lowest BCUT2D eigenvalue weighted by molar-refractivity contribution is -0.150. The van der Waals surface area contributed by atoms with Gasteiger partial charge in [-0.05, 0) is 83.7 Å². The maximum absolute atomic E-state index is 12.9. The van der Waals surface area contributed by atoms with Crippen LogP contribution in [0, 0.1) is 0 Å². The number of ether oxygens (including phenoxy) is 2. The van der Waals surface area contributed by atoms with E-state index in [2.05, 4.69) is 42.8 Å².